The van der Waals surface area contributed by atoms with Gasteiger partial charge in [0, 0.05) is 15.0 Å². The molecule has 0 bridgehead atoms. The first-order valence-electron chi connectivity index (χ1n) is 4.36. The third-order valence-corrected chi connectivity index (χ3v) is 3.60. The molecule has 0 atom stereocenters. The Hall–Kier alpha value is -0.0500. The molecule has 2 N–H and O–H groups in total. The molecule has 1 aromatic rings. The molecule has 1 fully saturated rings. The van der Waals surface area contributed by atoms with Crippen LogP contribution in [0.3, 0.4) is 0 Å². The molecule has 0 amide bonds. The lowest BCUT2D eigenvalue weighted by Crippen LogP contribution is -2.43. The molecule has 0 radical (unpaired) electrons. The van der Waals surface area contributed by atoms with Gasteiger partial charge in [0.25, 0.3) is 0 Å². The third kappa shape index (κ3) is 1.63. The largest absolute Gasteiger partial charge is 0.321 e. The van der Waals surface area contributed by atoms with Crippen LogP contribution in [0.25, 0.3) is 0 Å². The van der Waals surface area contributed by atoms with Crippen LogP contribution in [-0.2, 0) is 5.54 Å². The maximum Gasteiger partial charge on any atom is 0.0420 e. The van der Waals surface area contributed by atoms with Gasteiger partial charge in [-0.3, -0.25) is 0 Å². The molecule has 1 saturated carbocycles. The van der Waals surface area contributed by atoms with Crippen molar-refractivity contribution in [3.63, 3.8) is 0 Å². The van der Waals surface area contributed by atoms with Crippen LogP contribution < -0.4 is 5.73 Å². The van der Waals surface area contributed by atoms with Crippen molar-refractivity contribution in [2.75, 3.05) is 0 Å². The van der Waals surface area contributed by atoms with Crippen molar-refractivity contribution < 1.29 is 0 Å². The summed E-state index contributed by atoms with van der Waals surface area (Å²) in [7, 11) is 0. The maximum atomic E-state index is 6.20. The minimum atomic E-state index is -0.108. The number of nitrogens with two attached hydrogens (primary N) is 1. The highest BCUT2D eigenvalue weighted by molar-refractivity contribution is 9.10. The minimum absolute atomic E-state index is 0.108. The van der Waals surface area contributed by atoms with Crippen molar-refractivity contribution in [2.24, 2.45) is 5.73 Å². The zero-order valence-corrected chi connectivity index (χ0v) is 9.53. The Morgan fingerprint density at radius 1 is 1.38 bits per heavy atom. The van der Waals surface area contributed by atoms with E-state index in [1.54, 1.807) is 0 Å². The number of benzene rings is 1. The van der Waals surface area contributed by atoms with Crippen molar-refractivity contribution in [3.05, 3.63) is 33.3 Å². The zero-order valence-electron chi connectivity index (χ0n) is 7.19. The molecule has 0 heterocycles. The molecule has 0 aromatic heterocycles. The second kappa shape index (κ2) is 3.26. The summed E-state index contributed by atoms with van der Waals surface area (Å²) < 4.78 is 1.03. The number of hydrogen-bond acceptors (Lipinski definition) is 1. The average molecular weight is 261 g/mol. The van der Waals surface area contributed by atoms with E-state index in [1.807, 2.05) is 18.2 Å². The topological polar surface area (TPSA) is 26.0 Å². The van der Waals surface area contributed by atoms with Gasteiger partial charge in [-0.2, -0.15) is 0 Å². The normalized spacial score (nSPS) is 19.6. The highest BCUT2D eigenvalue weighted by Crippen LogP contribution is 2.42. The summed E-state index contributed by atoms with van der Waals surface area (Å²) in [5.74, 6) is 0. The Bertz CT molecular complexity index is 334. The highest BCUT2D eigenvalue weighted by atomic mass is 79.9. The Kier molecular flexibility index (Phi) is 2.39. The lowest BCUT2D eigenvalue weighted by atomic mass is 9.73. The van der Waals surface area contributed by atoms with E-state index in [0.717, 1.165) is 22.3 Å². The van der Waals surface area contributed by atoms with E-state index >= 15 is 0 Å². The van der Waals surface area contributed by atoms with Crippen molar-refractivity contribution in [2.45, 2.75) is 24.8 Å². The summed E-state index contributed by atoms with van der Waals surface area (Å²) >= 11 is 9.35. The van der Waals surface area contributed by atoms with E-state index in [9.17, 15) is 0 Å². The predicted octanol–water partition coefficient (Wildman–Crippen LogP) is 3.44. The van der Waals surface area contributed by atoms with Crippen LogP contribution in [0.5, 0.6) is 0 Å². The van der Waals surface area contributed by atoms with Gasteiger partial charge < -0.3 is 5.73 Å². The summed E-state index contributed by atoms with van der Waals surface area (Å²) in [6.07, 6.45) is 3.38. The summed E-state index contributed by atoms with van der Waals surface area (Å²) in [5.41, 5.74) is 7.28. The molecular formula is C10H11BrClN. The minimum Gasteiger partial charge on any atom is -0.321 e. The van der Waals surface area contributed by atoms with Crippen molar-refractivity contribution in [1.29, 1.82) is 0 Å². The molecule has 2 rings (SSSR count). The van der Waals surface area contributed by atoms with Crippen molar-refractivity contribution >= 4 is 27.5 Å². The van der Waals surface area contributed by atoms with Gasteiger partial charge in [0.2, 0.25) is 0 Å². The van der Waals surface area contributed by atoms with E-state index in [2.05, 4.69) is 15.9 Å². The molecule has 0 spiro atoms. The zero-order chi connectivity index (χ0) is 9.47. The lowest BCUT2D eigenvalue weighted by Gasteiger charge is -2.39. The summed E-state index contributed by atoms with van der Waals surface area (Å²) in [6, 6.07) is 5.82. The van der Waals surface area contributed by atoms with Crippen LogP contribution in [0.2, 0.25) is 5.02 Å². The first-order valence-corrected chi connectivity index (χ1v) is 5.53. The van der Waals surface area contributed by atoms with Gasteiger partial charge in [0.15, 0.2) is 0 Å². The summed E-state index contributed by atoms with van der Waals surface area (Å²) in [6.45, 7) is 0. The molecule has 13 heavy (non-hydrogen) atoms. The van der Waals surface area contributed by atoms with E-state index in [0.29, 0.717) is 0 Å². The number of halogens is 2. The maximum absolute atomic E-state index is 6.20. The molecule has 1 aliphatic carbocycles. The van der Waals surface area contributed by atoms with Crippen LogP contribution in [0, 0.1) is 0 Å². The first-order chi connectivity index (χ1) is 6.12. The van der Waals surface area contributed by atoms with Gasteiger partial charge in [0.1, 0.15) is 0 Å². The third-order valence-electron chi connectivity index (χ3n) is 2.71. The quantitative estimate of drug-likeness (QED) is 0.822. The molecule has 1 aromatic carbocycles. The van der Waals surface area contributed by atoms with Gasteiger partial charge in [-0.15, -0.1) is 0 Å². The fourth-order valence-corrected chi connectivity index (χ4v) is 2.80. The monoisotopic (exact) mass is 259 g/mol. The fourth-order valence-electron chi connectivity index (χ4n) is 1.72. The van der Waals surface area contributed by atoms with Gasteiger partial charge in [-0.25, -0.2) is 0 Å². The number of rotatable bonds is 1. The Morgan fingerprint density at radius 2 is 2.08 bits per heavy atom. The van der Waals surface area contributed by atoms with Gasteiger partial charge in [-0.05, 0) is 37.0 Å². The molecule has 0 unspecified atom stereocenters. The standard InChI is InChI=1S/C10H11BrClN/c11-9-6-7(12)2-3-8(9)10(13)4-1-5-10/h2-3,6H,1,4-5,13H2. The molecule has 0 saturated heterocycles. The predicted molar refractivity (Wildman–Crippen MR) is 58.9 cm³/mol. The molecular weight excluding hydrogens is 249 g/mol. The van der Waals surface area contributed by atoms with Crippen LogP contribution in [0.4, 0.5) is 0 Å². The summed E-state index contributed by atoms with van der Waals surface area (Å²) in [4.78, 5) is 0. The Morgan fingerprint density at radius 3 is 2.54 bits per heavy atom. The van der Waals surface area contributed by atoms with E-state index < -0.39 is 0 Å². The first kappa shape index (κ1) is 9.50. The van der Waals surface area contributed by atoms with E-state index in [-0.39, 0.29) is 5.54 Å². The number of hydrogen-bond donors (Lipinski definition) is 1. The Balaban J connectivity index is 2.40. The highest BCUT2D eigenvalue weighted by Gasteiger charge is 2.35. The molecule has 1 aliphatic rings. The van der Waals surface area contributed by atoms with Gasteiger partial charge >= 0.3 is 0 Å². The van der Waals surface area contributed by atoms with E-state index in [4.69, 9.17) is 17.3 Å². The van der Waals surface area contributed by atoms with Gasteiger partial charge in [0.05, 0.1) is 0 Å². The molecule has 3 heteroatoms. The Labute approximate surface area is 91.4 Å². The van der Waals surface area contributed by atoms with Crippen LogP contribution in [0.1, 0.15) is 24.8 Å². The van der Waals surface area contributed by atoms with Crippen LogP contribution >= 0.6 is 27.5 Å². The molecule has 70 valence electrons. The molecule has 0 aliphatic heterocycles. The lowest BCUT2D eigenvalue weighted by molar-refractivity contribution is 0.252. The van der Waals surface area contributed by atoms with E-state index in [1.165, 1.54) is 12.0 Å². The summed E-state index contributed by atoms with van der Waals surface area (Å²) in [5, 5.41) is 0.749. The van der Waals surface area contributed by atoms with Crippen molar-refractivity contribution in [1.82, 2.24) is 0 Å². The van der Waals surface area contributed by atoms with Crippen LogP contribution in [-0.4, -0.2) is 0 Å². The second-order valence-corrected chi connectivity index (χ2v) is 4.92. The SMILES string of the molecule is NC1(c2ccc(Cl)cc2Br)CCC1. The fraction of sp³-hybridized carbons (Fsp3) is 0.400. The van der Waals surface area contributed by atoms with Gasteiger partial charge in [-0.1, -0.05) is 33.6 Å². The second-order valence-electron chi connectivity index (χ2n) is 3.63. The van der Waals surface area contributed by atoms with Crippen LogP contribution in [0.15, 0.2) is 22.7 Å². The van der Waals surface area contributed by atoms with Crippen molar-refractivity contribution in [3.8, 4) is 0 Å². The molecule has 1 nitrogen and oxygen atoms in total. The average Bonchev–Trinajstić information content (AvgIpc) is 2.00. The smallest absolute Gasteiger partial charge is 0.0420 e.